The number of anilines is 1. The number of carbonyl (C=O) groups is 1. The number of halogens is 1. The van der Waals surface area contributed by atoms with Gasteiger partial charge < -0.3 is 14.8 Å². The highest BCUT2D eigenvalue weighted by Crippen LogP contribution is 2.27. The lowest BCUT2D eigenvalue weighted by Crippen LogP contribution is -2.27. The van der Waals surface area contributed by atoms with Gasteiger partial charge in [-0.05, 0) is 45.4 Å². The third-order valence-electron chi connectivity index (χ3n) is 2.31. The summed E-state index contributed by atoms with van der Waals surface area (Å²) in [6.07, 6.45) is 0.916. The summed E-state index contributed by atoms with van der Waals surface area (Å²) in [6, 6.07) is 5.17. The summed E-state index contributed by atoms with van der Waals surface area (Å²) in [5.41, 5.74) is 0.286. The minimum atomic E-state index is -0.340. The van der Waals surface area contributed by atoms with Crippen molar-refractivity contribution in [2.24, 2.45) is 0 Å². The van der Waals surface area contributed by atoms with Gasteiger partial charge >= 0.3 is 0 Å². The fourth-order valence-electron chi connectivity index (χ4n) is 1.39. The number of amides is 1. The molecule has 5 heteroatoms. The lowest BCUT2D eigenvalue weighted by atomic mass is 10.2. The van der Waals surface area contributed by atoms with Gasteiger partial charge in [0.15, 0.2) is 0 Å². The Morgan fingerprint density at radius 3 is 2.60 bits per heavy atom. The van der Waals surface area contributed by atoms with Crippen LogP contribution in [0.5, 0.6) is 5.75 Å². The molecule has 0 saturated heterocycles. The van der Waals surface area contributed by atoms with E-state index in [0.717, 1.165) is 6.42 Å². The number of hydrogen-bond acceptors (Lipinski definition) is 3. The normalized spacial score (nSPS) is 11.2. The second kappa shape index (κ2) is 7.50. The van der Waals surface area contributed by atoms with Crippen LogP contribution in [0.1, 0.15) is 34.1 Å². The summed E-state index contributed by atoms with van der Waals surface area (Å²) < 4.78 is 10.9. The molecular weight excluding hydrogens is 278 g/mol. The van der Waals surface area contributed by atoms with Crippen molar-refractivity contribution in [3.63, 3.8) is 0 Å². The molecule has 0 aliphatic rings. The molecule has 1 aromatic carbocycles. The van der Waals surface area contributed by atoms with E-state index in [1.54, 1.807) is 18.2 Å². The van der Waals surface area contributed by atoms with Crippen LogP contribution in [0.3, 0.4) is 0 Å². The van der Waals surface area contributed by atoms with E-state index in [2.05, 4.69) is 5.32 Å². The van der Waals surface area contributed by atoms with Crippen molar-refractivity contribution < 1.29 is 14.3 Å². The molecule has 0 aliphatic carbocycles. The molecule has 0 aromatic heterocycles. The SMILES string of the molecule is CCCOc1ccc(NC(=O)COC(C)(C)C)cc1Cl. The zero-order valence-electron chi connectivity index (χ0n) is 12.5. The van der Waals surface area contributed by atoms with Crippen LogP contribution >= 0.6 is 11.6 Å². The molecule has 0 heterocycles. The van der Waals surface area contributed by atoms with Crippen LogP contribution in [0.15, 0.2) is 18.2 Å². The van der Waals surface area contributed by atoms with E-state index in [1.807, 2.05) is 27.7 Å². The summed E-state index contributed by atoms with van der Waals surface area (Å²) >= 11 is 6.09. The average molecular weight is 300 g/mol. The molecule has 1 N–H and O–H groups in total. The Morgan fingerprint density at radius 1 is 1.35 bits per heavy atom. The molecule has 0 saturated carbocycles. The van der Waals surface area contributed by atoms with E-state index in [4.69, 9.17) is 21.1 Å². The molecular formula is C15H22ClNO3. The number of carbonyl (C=O) groups excluding carboxylic acids is 1. The molecule has 0 fully saturated rings. The summed E-state index contributed by atoms with van der Waals surface area (Å²) in [5.74, 6) is 0.413. The maximum absolute atomic E-state index is 11.7. The predicted molar refractivity (Wildman–Crippen MR) is 81.6 cm³/mol. The number of benzene rings is 1. The van der Waals surface area contributed by atoms with E-state index in [-0.39, 0.29) is 18.1 Å². The zero-order chi connectivity index (χ0) is 15.2. The van der Waals surface area contributed by atoms with E-state index >= 15 is 0 Å². The van der Waals surface area contributed by atoms with Crippen molar-refractivity contribution in [1.29, 1.82) is 0 Å². The topological polar surface area (TPSA) is 47.6 Å². The van der Waals surface area contributed by atoms with Crippen LogP contribution in [0.2, 0.25) is 5.02 Å². The van der Waals surface area contributed by atoms with Crippen LogP contribution in [-0.4, -0.2) is 24.7 Å². The Labute approximate surface area is 125 Å². The number of hydrogen-bond donors (Lipinski definition) is 1. The van der Waals surface area contributed by atoms with Crippen molar-refractivity contribution in [2.45, 2.75) is 39.7 Å². The highest BCUT2D eigenvalue weighted by Gasteiger charge is 2.13. The summed E-state index contributed by atoms with van der Waals surface area (Å²) in [4.78, 5) is 11.7. The molecule has 0 radical (unpaired) electrons. The fraction of sp³-hybridized carbons (Fsp3) is 0.533. The van der Waals surface area contributed by atoms with Crippen LogP contribution < -0.4 is 10.1 Å². The van der Waals surface area contributed by atoms with E-state index in [1.165, 1.54) is 0 Å². The fourth-order valence-corrected chi connectivity index (χ4v) is 1.62. The van der Waals surface area contributed by atoms with Crippen molar-refractivity contribution in [3.8, 4) is 5.75 Å². The molecule has 1 rings (SSSR count). The van der Waals surface area contributed by atoms with Crippen molar-refractivity contribution in [3.05, 3.63) is 23.2 Å². The Hall–Kier alpha value is -1.26. The first-order valence-corrected chi connectivity index (χ1v) is 7.06. The predicted octanol–water partition coefficient (Wildman–Crippen LogP) is 3.88. The van der Waals surface area contributed by atoms with Gasteiger partial charge in [-0.15, -0.1) is 0 Å². The average Bonchev–Trinajstić information content (AvgIpc) is 2.35. The molecule has 1 aromatic rings. The lowest BCUT2D eigenvalue weighted by molar-refractivity contribution is -0.125. The quantitative estimate of drug-likeness (QED) is 0.867. The second-order valence-corrected chi connectivity index (χ2v) is 5.85. The maximum atomic E-state index is 11.7. The first-order chi connectivity index (χ1) is 9.31. The molecule has 0 bridgehead atoms. The largest absolute Gasteiger partial charge is 0.492 e. The Balaban J connectivity index is 2.56. The summed E-state index contributed by atoms with van der Waals surface area (Å²) in [6.45, 7) is 8.35. The molecule has 0 spiro atoms. The van der Waals surface area contributed by atoms with Crippen LogP contribution in [0.25, 0.3) is 0 Å². The molecule has 4 nitrogen and oxygen atoms in total. The summed E-state index contributed by atoms with van der Waals surface area (Å²) in [5, 5.41) is 3.21. The molecule has 0 aliphatic heterocycles. The molecule has 20 heavy (non-hydrogen) atoms. The van der Waals surface area contributed by atoms with Gasteiger partial charge in [0.1, 0.15) is 12.4 Å². The monoisotopic (exact) mass is 299 g/mol. The third-order valence-corrected chi connectivity index (χ3v) is 2.61. The molecule has 0 atom stereocenters. The number of nitrogens with one attached hydrogen (secondary N) is 1. The van der Waals surface area contributed by atoms with Crippen LogP contribution in [-0.2, 0) is 9.53 Å². The first kappa shape index (κ1) is 16.8. The van der Waals surface area contributed by atoms with Gasteiger partial charge in [0.05, 0.1) is 17.2 Å². The lowest BCUT2D eigenvalue weighted by Gasteiger charge is -2.19. The second-order valence-electron chi connectivity index (χ2n) is 5.44. The van der Waals surface area contributed by atoms with E-state index < -0.39 is 0 Å². The van der Waals surface area contributed by atoms with Crippen LogP contribution in [0, 0.1) is 0 Å². The van der Waals surface area contributed by atoms with Gasteiger partial charge in [-0.3, -0.25) is 4.79 Å². The third kappa shape index (κ3) is 6.26. The number of rotatable bonds is 6. The Kier molecular flexibility index (Phi) is 6.30. The first-order valence-electron chi connectivity index (χ1n) is 6.68. The number of ether oxygens (including phenoxy) is 2. The standard InChI is InChI=1S/C15H22ClNO3/c1-5-8-19-13-7-6-11(9-12(13)16)17-14(18)10-20-15(2,3)4/h6-7,9H,5,8,10H2,1-4H3,(H,17,18). The van der Waals surface area contributed by atoms with Gasteiger partial charge in [-0.25, -0.2) is 0 Å². The van der Waals surface area contributed by atoms with Crippen LogP contribution in [0.4, 0.5) is 5.69 Å². The molecule has 112 valence electrons. The summed E-state index contributed by atoms with van der Waals surface area (Å²) in [7, 11) is 0. The maximum Gasteiger partial charge on any atom is 0.250 e. The zero-order valence-corrected chi connectivity index (χ0v) is 13.2. The van der Waals surface area contributed by atoms with Crippen molar-refractivity contribution in [2.75, 3.05) is 18.5 Å². The molecule has 1 amide bonds. The van der Waals surface area contributed by atoms with Gasteiger partial charge in [0.25, 0.3) is 0 Å². The van der Waals surface area contributed by atoms with Gasteiger partial charge in [-0.1, -0.05) is 18.5 Å². The van der Waals surface area contributed by atoms with Gasteiger partial charge in [0, 0.05) is 5.69 Å². The smallest absolute Gasteiger partial charge is 0.250 e. The van der Waals surface area contributed by atoms with Gasteiger partial charge in [-0.2, -0.15) is 0 Å². The Bertz CT molecular complexity index is 455. The Morgan fingerprint density at radius 2 is 2.05 bits per heavy atom. The highest BCUT2D eigenvalue weighted by atomic mass is 35.5. The van der Waals surface area contributed by atoms with Crippen molar-refractivity contribution in [1.82, 2.24) is 0 Å². The van der Waals surface area contributed by atoms with Crippen molar-refractivity contribution >= 4 is 23.2 Å². The minimum Gasteiger partial charge on any atom is -0.492 e. The van der Waals surface area contributed by atoms with Gasteiger partial charge in [0.2, 0.25) is 5.91 Å². The van der Waals surface area contributed by atoms with E-state index in [0.29, 0.717) is 23.1 Å². The van der Waals surface area contributed by atoms with E-state index in [9.17, 15) is 4.79 Å². The molecule has 0 unspecified atom stereocenters. The minimum absolute atomic E-state index is 0.00913. The highest BCUT2D eigenvalue weighted by molar-refractivity contribution is 6.32.